The number of nitrogens with zero attached hydrogens (tertiary/aromatic N) is 2. The highest BCUT2D eigenvalue weighted by atomic mass is 16.5. The Morgan fingerprint density at radius 3 is 2.48 bits per heavy atom. The quantitative estimate of drug-likeness (QED) is 0.906. The number of ether oxygens (including phenoxy) is 1. The molecule has 1 atom stereocenters. The van der Waals surface area contributed by atoms with Crippen molar-refractivity contribution in [1.82, 2.24) is 4.98 Å². The normalized spacial score (nSPS) is 11.8. The molecule has 0 bridgehead atoms. The van der Waals surface area contributed by atoms with Gasteiger partial charge >= 0.3 is 0 Å². The lowest BCUT2D eigenvalue weighted by Gasteiger charge is -2.24. The summed E-state index contributed by atoms with van der Waals surface area (Å²) in [5.74, 6) is 1.80. The zero-order valence-corrected chi connectivity index (χ0v) is 12.5. The Morgan fingerprint density at radius 2 is 1.90 bits per heavy atom. The average Bonchev–Trinajstić information content (AvgIpc) is 2.53. The molecule has 1 N–H and O–H groups in total. The highest BCUT2D eigenvalue weighted by Crippen LogP contribution is 2.28. The number of rotatable bonds is 5. The van der Waals surface area contributed by atoms with E-state index < -0.39 is 0 Å². The summed E-state index contributed by atoms with van der Waals surface area (Å²) >= 11 is 0. The summed E-state index contributed by atoms with van der Waals surface area (Å²) in [6.45, 7) is 4.27. The van der Waals surface area contributed by atoms with Crippen molar-refractivity contribution < 1.29 is 4.74 Å². The Bertz CT molecular complexity index is 629. The van der Waals surface area contributed by atoms with E-state index in [4.69, 9.17) is 10.00 Å². The molecular formula is C17H19N3O. The van der Waals surface area contributed by atoms with Crippen LogP contribution in [0.5, 0.6) is 5.75 Å². The van der Waals surface area contributed by atoms with Crippen LogP contribution < -0.4 is 10.1 Å². The number of aromatic nitrogens is 1. The molecule has 108 valence electrons. The van der Waals surface area contributed by atoms with E-state index >= 15 is 0 Å². The molecule has 0 aliphatic heterocycles. The maximum Gasteiger partial charge on any atom is 0.144 e. The lowest BCUT2D eigenvalue weighted by molar-refractivity contribution is 0.414. The van der Waals surface area contributed by atoms with Crippen LogP contribution in [0.1, 0.15) is 31.0 Å². The fourth-order valence-electron chi connectivity index (χ4n) is 2.20. The summed E-state index contributed by atoms with van der Waals surface area (Å²) in [7, 11) is 1.65. The average molecular weight is 281 g/mol. The molecule has 21 heavy (non-hydrogen) atoms. The number of hydrogen-bond donors (Lipinski definition) is 1. The van der Waals surface area contributed by atoms with Gasteiger partial charge in [0.05, 0.1) is 18.7 Å². The molecule has 0 radical (unpaired) electrons. The van der Waals surface area contributed by atoms with Crippen molar-refractivity contribution >= 4 is 5.82 Å². The van der Waals surface area contributed by atoms with Crippen molar-refractivity contribution in [2.45, 2.75) is 19.9 Å². The van der Waals surface area contributed by atoms with Crippen molar-refractivity contribution in [2.24, 2.45) is 5.92 Å². The first-order valence-electron chi connectivity index (χ1n) is 6.91. The van der Waals surface area contributed by atoms with Crippen LogP contribution in [0.15, 0.2) is 42.6 Å². The van der Waals surface area contributed by atoms with Crippen LogP contribution in [0.3, 0.4) is 0 Å². The predicted molar refractivity (Wildman–Crippen MR) is 83.1 cm³/mol. The SMILES string of the molecule is COc1ccc(C(Nc2ncccc2C#N)C(C)C)cc1. The van der Waals surface area contributed by atoms with Crippen LogP contribution in [0.25, 0.3) is 0 Å². The molecule has 1 aromatic heterocycles. The minimum absolute atomic E-state index is 0.0814. The van der Waals surface area contributed by atoms with Crippen LogP contribution >= 0.6 is 0 Å². The second kappa shape index (κ2) is 6.76. The first-order valence-corrected chi connectivity index (χ1v) is 6.91. The number of anilines is 1. The van der Waals surface area contributed by atoms with E-state index in [0.717, 1.165) is 11.3 Å². The third kappa shape index (κ3) is 3.51. The van der Waals surface area contributed by atoms with Gasteiger partial charge in [0, 0.05) is 6.20 Å². The smallest absolute Gasteiger partial charge is 0.144 e. The van der Waals surface area contributed by atoms with E-state index in [9.17, 15) is 0 Å². The van der Waals surface area contributed by atoms with Crippen LogP contribution in [0.2, 0.25) is 0 Å². The number of methoxy groups -OCH3 is 1. The van der Waals surface area contributed by atoms with Crippen molar-refractivity contribution in [2.75, 3.05) is 12.4 Å². The fraction of sp³-hybridized carbons (Fsp3) is 0.294. The van der Waals surface area contributed by atoms with Gasteiger partial charge in [-0.1, -0.05) is 26.0 Å². The van der Waals surface area contributed by atoms with Crippen molar-refractivity contribution in [1.29, 1.82) is 5.26 Å². The molecule has 1 aromatic carbocycles. The highest BCUT2D eigenvalue weighted by molar-refractivity contribution is 5.52. The molecule has 0 amide bonds. The van der Waals surface area contributed by atoms with Gasteiger partial charge < -0.3 is 10.1 Å². The van der Waals surface area contributed by atoms with Crippen LogP contribution in [-0.4, -0.2) is 12.1 Å². The summed E-state index contributed by atoms with van der Waals surface area (Å²) in [6, 6.07) is 13.7. The third-order valence-corrected chi connectivity index (χ3v) is 3.36. The molecule has 2 aromatic rings. The summed E-state index contributed by atoms with van der Waals surface area (Å²) in [5.41, 5.74) is 1.69. The minimum atomic E-state index is 0.0814. The second-order valence-corrected chi connectivity index (χ2v) is 5.15. The Labute approximate surface area is 125 Å². The Hall–Kier alpha value is -2.54. The van der Waals surface area contributed by atoms with Gasteiger partial charge in [-0.25, -0.2) is 4.98 Å². The molecule has 4 nitrogen and oxygen atoms in total. The van der Waals surface area contributed by atoms with E-state index in [1.807, 2.05) is 24.3 Å². The maximum absolute atomic E-state index is 9.16. The lowest BCUT2D eigenvalue weighted by atomic mass is 9.95. The van der Waals surface area contributed by atoms with Gasteiger partial charge in [-0.15, -0.1) is 0 Å². The lowest BCUT2D eigenvalue weighted by Crippen LogP contribution is -2.18. The highest BCUT2D eigenvalue weighted by Gasteiger charge is 2.17. The first-order chi connectivity index (χ1) is 10.2. The summed E-state index contributed by atoms with van der Waals surface area (Å²) in [4.78, 5) is 4.27. The number of hydrogen-bond acceptors (Lipinski definition) is 4. The first kappa shape index (κ1) is 14.9. The Morgan fingerprint density at radius 1 is 1.19 bits per heavy atom. The minimum Gasteiger partial charge on any atom is -0.497 e. The van der Waals surface area contributed by atoms with E-state index in [0.29, 0.717) is 17.3 Å². The summed E-state index contributed by atoms with van der Waals surface area (Å²) in [6.07, 6.45) is 1.69. The molecule has 0 saturated heterocycles. The monoisotopic (exact) mass is 281 g/mol. The molecule has 0 aliphatic rings. The Balaban J connectivity index is 2.29. The number of pyridine rings is 1. The van der Waals surface area contributed by atoms with Gasteiger partial charge in [0.2, 0.25) is 0 Å². The van der Waals surface area contributed by atoms with Gasteiger partial charge in [0.15, 0.2) is 0 Å². The topological polar surface area (TPSA) is 57.9 Å². The summed E-state index contributed by atoms with van der Waals surface area (Å²) in [5, 5.41) is 12.5. The molecule has 0 aliphatic carbocycles. The molecule has 2 rings (SSSR count). The maximum atomic E-state index is 9.16. The van der Waals surface area contributed by atoms with Gasteiger partial charge in [0.25, 0.3) is 0 Å². The van der Waals surface area contributed by atoms with Gasteiger partial charge in [0.1, 0.15) is 17.6 Å². The zero-order valence-electron chi connectivity index (χ0n) is 12.5. The van der Waals surface area contributed by atoms with Gasteiger partial charge in [-0.05, 0) is 35.7 Å². The standard InChI is InChI=1S/C17H19N3O/c1-12(2)16(13-6-8-15(21-3)9-7-13)20-17-14(11-18)5-4-10-19-17/h4-10,12,16H,1-3H3,(H,19,20). The molecule has 0 spiro atoms. The van der Waals surface area contributed by atoms with E-state index in [2.05, 4.69) is 30.2 Å². The second-order valence-electron chi connectivity index (χ2n) is 5.15. The predicted octanol–water partition coefficient (Wildman–Crippen LogP) is 3.77. The molecular weight excluding hydrogens is 262 g/mol. The number of nitriles is 1. The third-order valence-electron chi connectivity index (χ3n) is 3.36. The van der Waals surface area contributed by atoms with Crippen molar-refractivity contribution in [3.8, 4) is 11.8 Å². The summed E-state index contributed by atoms with van der Waals surface area (Å²) < 4.78 is 5.19. The molecule has 0 fully saturated rings. The molecule has 1 unspecified atom stereocenters. The van der Waals surface area contributed by atoms with Crippen LogP contribution in [0, 0.1) is 17.2 Å². The number of nitrogens with one attached hydrogen (secondary N) is 1. The van der Waals surface area contributed by atoms with Crippen LogP contribution in [0.4, 0.5) is 5.82 Å². The largest absolute Gasteiger partial charge is 0.497 e. The van der Waals surface area contributed by atoms with E-state index in [-0.39, 0.29) is 6.04 Å². The van der Waals surface area contributed by atoms with E-state index in [1.54, 1.807) is 25.4 Å². The van der Waals surface area contributed by atoms with Crippen LogP contribution in [-0.2, 0) is 0 Å². The van der Waals surface area contributed by atoms with Gasteiger partial charge in [-0.3, -0.25) is 0 Å². The number of benzene rings is 1. The van der Waals surface area contributed by atoms with Gasteiger partial charge in [-0.2, -0.15) is 5.26 Å². The molecule has 4 heteroatoms. The fourth-order valence-corrected chi connectivity index (χ4v) is 2.20. The van der Waals surface area contributed by atoms with Crippen molar-refractivity contribution in [3.63, 3.8) is 0 Å². The van der Waals surface area contributed by atoms with Crippen molar-refractivity contribution in [3.05, 3.63) is 53.7 Å². The molecule has 1 heterocycles. The van der Waals surface area contributed by atoms with E-state index in [1.165, 1.54) is 0 Å². The Kier molecular flexibility index (Phi) is 4.78. The molecule has 0 saturated carbocycles. The zero-order chi connectivity index (χ0) is 15.2.